The summed E-state index contributed by atoms with van der Waals surface area (Å²) in [5.74, 6) is -0.377. The minimum atomic E-state index is -0.847. The van der Waals surface area contributed by atoms with E-state index in [1.54, 1.807) is 0 Å². The average Bonchev–Trinajstić information content (AvgIpc) is 1.98. The van der Waals surface area contributed by atoms with Gasteiger partial charge < -0.3 is 9.32 Å². The molecule has 0 aromatic rings. The standard InChI is InChI=1S/C4H11NO3P4/c6-2-3(5-9)1-4(7)8-12(10)11/h2-3,5H,1,9-11H2/t3-/m0/s1. The average molecular weight is 245 g/mol. The summed E-state index contributed by atoms with van der Waals surface area (Å²) >= 11 is 0. The maximum absolute atomic E-state index is 10.9. The summed E-state index contributed by atoms with van der Waals surface area (Å²) in [5, 5.41) is 2.60. The van der Waals surface area contributed by atoms with E-state index in [1.807, 2.05) is 0 Å². The van der Waals surface area contributed by atoms with Crippen molar-refractivity contribution in [1.29, 1.82) is 0 Å². The number of hydrogen-bond donors (Lipinski definition) is 1. The van der Waals surface area contributed by atoms with Crippen molar-refractivity contribution >= 4 is 47.0 Å². The van der Waals surface area contributed by atoms with Gasteiger partial charge in [-0.25, -0.2) is 0 Å². The van der Waals surface area contributed by atoms with Gasteiger partial charge in [0.05, 0.1) is 12.5 Å². The fourth-order valence-electron chi connectivity index (χ4n) is 0.481. The minimum absolute atomic E-state index is 0.0641. The molecular formula is C4H11NO3P4. The molecule has 3 unspecified atom stereocenters. The van der Waals surface area contributed by atoms with E-state index in [9.17, 15) is 9.59 Å². The van der Waals surface area contributed by atoms with Gasteiger partial charge in [0.2, 0.25) is 0 Å². The van der Waals surface area contributed by atoms with Crippen molar-refractivity contribution in [2.24, 2.45) is 0 Å². The number of hydrogen-bond acceptors (Lipinski definition) is 4. The highest BCUT2D eigenvalue weighted by atomic mass is 32.4. The molecule has 0 aliphatic carbocycles. The van der Waals surface area contributed by atoms with Gasteiger partial charge in [0, 0.05) is 0 Å². The third-order valence-corrected chi connectivity index (χ3v) is 2.45. The highest BCUT2D eigenvalue weighted by molar-refractivity contribution is 8.41. The summed E-state index contributed by atoms with van der Waals surface area (Å²) < 4.78 is 4.83. The highest BCUT2D eigenvalue weighted by Crippen LogP contribution is 2.53. The molecule has 0 aromatic carbocycles. The van der Waals surface area contributed by atoms with Crippen molar-refractivity contribution in [3.63, 3.8) is 0 Å². The van der Waals surface area contributed by atoms with Crippen molar-refractivity contribution in [1.82, 2.24) is 5.09 Å². The van der Waals surface area contributed by atoms with Crippen LogP contribution in [0.15, 0.2) is 0 Å². The molecule has 4 nitrogen and oxygen atoms in total. The van der Waals surface area contributed by atoms with Gasteiger partial charge in [-0.1, -0.05) is 27.2 Å². The fraction of sp³-hybridized carbons (Fsp3) is 0.500. The largest absolute Gasteiger partial charge is 0.437 e. The van der Waals surface area contributed by atoms with Gasteiger partial charge in [0.1, 0.15) is 13.8 Å². The first-order valence-corrected chi connectivity index (χ1v) is 8.09. The van der Waals surface area contributed by atoms with E-state index in [0.717, 1.165) is 0 Å². The Morgan fingerprint density at radius 2 is 2.25 bits per heavy atom. The van der Waals surface area contributed by atoms with Crippen molar-refractivity contribution < 1.29 is 14.1 Å². The van der Waals surface area contributed by atoms with Crippen molar-refractivity contribution in [2.75, 3.05) is 0 Å². The van der Waals surface area contributed by atoms with E-state index in [1.165, 1.54) is 0 Å². The first-order valence-electron chi connectivity index (χ1n) is 3.02. The Bertz CT molecular complexity index is 164. The van der Waals surface area contributed by atoms with Crippen LogP contribution in [0.5, 0.6) is 0 Å². The van der Waals surface area contributed by atoms with Crippen LogP contribution in [0.4, 0.5) is 0 Å². The monoisotopic (exact) mass is 245 g/mol. The number of carbonyl (C=O) groups is 2. The Morgan fingerprint density at radius 1 is 1.67 bits per heavy atom. The zero-order chi connectivity index (χ0) is 9.56. The molecule has 0 radical (unpaired) electrons. The Morgan fingerprint density at radius 3 is 2.58 bits per heavy atom. The van der Waals surface area contributed by atoms with E-state index in [4.69, 9.17) is 4.52 Å². The highest BCUT2D eigenvalue weighted by Gasteiger charge is 2.13. The van der Waals surface area contributed by atoms with Crippen molar-refractivity contribution in [2.45, 2.75) is 12.5 Å². The van der Waals surface area contributed by atoms with Gasteiger partial charge in [0.15, 0.2) is 0 Å². The smallest absolute Gasteiger partial charge is 0.311 e. The quantitative estimate of drug-likeness (QED) is 0.576. The van der Waals surface area contributed by atoms with Crippen LogP contribution in [0, 0.1) is 0 Å². The van der Waals surface area contributed by atoms with E-state index >= 15 is 0 Å². The molecule has 70 valence electrons. The molecule has 0 aliphatic rings. The summed E-state index contributed by atoms with van der Waals surface area (Å²) in [7, 11) is 6.06. The number of carbonyl (C=O) groups excluding carboxylic acids is 2. The van der Waals surface area contributed by atoms with E-state index < -0.39 is 13.6 Å². The van der Waals surface area contributed by atoms with Crippen LogP contribution in [-0.4, -0.2) is 18.3 Å². The summed E-state index contributed by atoms with van der Waals surface area (Å²) in [6.45, 7) is 0. The number of rotatable bonds is 5. The molecule has 1 N–H and O–H groups in total. The third kappa shape index (κ3) is 6.35. The predicted octanol–water partition coefficient (Wildman–Crippen LogP) is 0.844. The molecule has 0 bridgehead atoms. The van der Waals surface area contributed by atoms with Crippen LogP contribution in [0.1, 0.15) is 6.42 Å². The number of aldehydes is 1. The molecule has 0 amide bonds. The summed E-state index contributed by atoms with van der Waals surface area (Å²) in [4.78, 5) is 21.2. The molecule has 0 rings (SSSR count). The molecule has 0 fully saturated rings. The second-order valence-corrected chi connectivity index (χ2v) is 8.01. The fourth-order valence-corrected chi connectivity index (χ4v) is 1.69. The lowest BCUT2D eigenvalue weighted by molar-refractivity contribution is -0.134. The minimum Gasteiger partial charge on any atom is -0.437 e. The second-order valence-electron chi connectivity index (χ2n) is 1.94. The van der Waals surface area contributed by atoms with E-state index in [2.05, 4.69) is 32.3 Å². The molecule has 0 aliphatic heterocycles. The lowest BCUT2D eigenvalue weighted by Gasteiger charge is -2.09. The van der Waals surface area contributed by atoms with Gasteiger partial charge in [-0.3, -0.25) is 9.88 Å². The lowest BCUT2D eigenvalue weighted by atomic mass is 10.2. The van der Waals surface area contributed by atoms with Gasteiger partial charge in [0.25, 0.3) is 0 Å². The first kappa shape index (κ1) is 12.8. The van der Waals surface area contributed by atoms with Crippen LogP contribution in [0.25, 0.3) is 0 Å². The lowest BCUT2D eigenvalue weighted by Crippen LogP contribution is -2.25. The maximum Gasteiger partial charge on any atom is 0.311 e. The Balaban J connectivity index is 3.74. The van der Waals surface area contributed by atoms with Gasteiger partial charge >= 0.3 is 5.97 Å². The molecule has 0 heterocycles. The molecule has 0 spiro atoms. The van der Waals surface area contributed by atoms with Crippen molar-refractivity contribution in [3.05, 3.63) is 0 Å². The molecule has 0 aromatic heterocycles. The van der Waals surface area contributed by atoms with Crippen LogP contribution in [0.3, 0.4) is 0 Å². The Kier molecular flexibility index (Phi) is 7.74. The summed E-state index contributed by atoms with van der Waals surface area (Å²) in [6, 6.07) is -0.479. The van der Waals surface area contributed by atoms with Gasteiger partial charge in [-0.15, -0.1) is 0 Å². The van der Waals surface area contributed by atoms with Crippen LogP contribution in [0.2, 0.25) is 0 Å². The number of nitrogens with one attached hydrogen (secondary N) is 1. The van der Waals surface area contributed by atoms with Crippen LogP contribution in [-0.2, 0) is 14.1 Å². The predicted molar refractivity (Wildman–Crippen MR) is 59.7 cm³/mol. The summed E-state index contributed by atoms with van der Waals surface area (Å²) in [5.41, 5.74) is 0. The first-order chi connectivity index (χ1) is 5.60. The van der Waals surface area contributed by atoms with Gasteiger partial charge in [-0.05, 0) is 0 Å². The second kappa shape index (κ2) is 7.25. The molecule has 0 saturated carbocycles. The van der Waals surface area contributed by atoms with E-state index in [-0.39, 0.29) is 12.4 Å². The zero-order valence-electron chi connectivity index (χ0n) is 6.27. The molecular weight excluding hydrogens is 234 g/mol. The third-order valence-electron chi connectivity index (χ3n) is 0.972. The molecule has 12 heavy (non-hydrogen) atoms. The summed E-state index contributed by atoms with van der Waals surface area (Å²) in [6.07, 6.45) is 0.733. The van der Waals surface area contributed by atoms with Crippen LogP contribution < -0.4 is 5.09 Å². The van der Waals surface area contributed by atoms with Crippen molar-refractivity contribution in [3.8, 4) is 0 Å². The SMILES string of the molecule is O=C[C@H](CC(=O)OP(P)P)NP. The molecule has 8 heteroatoms. The topological polar surface area (TPSA) is 55.4 Å². The maximum atomic E-state index is 10.9. The molecule has 4 atom stereocenters. The van der Waals surface area contributed by atoms with Crippen LogP contribution >= 0.6 is 34.8 Å². The van der Waals surface area contributed by atoms with Gasteiger partial charge in [-0.2, -0.15) is 0 Å². The Hall–Kier alpha value is 0.820. The molecule has 0 saturated heterocycles. The van der Waals surface area contributed by atoms with E-state index in [0.29, 0.717) is 6.29 Å². The Labute approximate surface area is 79.2 Å². The normalized spacial score (nSPS) is 12.7. The zero-order valence-corrected chi connectivity index (χ0v) is 10.6.